The first-order chi connectivity index (χ1) is 11.9. The third-order valence-electron chi connectivity index (χ3n) is 4.01. The van der Waals surface area contributed by atoms with Gasteiger partial charge in [0, 0.05) is 24.3 Å². The second kappa shape index (κ2) is 6.67. The van der Waals surface area contributed by atoms with E-state index in [0.717, 1.165) is 0 Å². The molecular weight excluding hydrogens is 346 g/mol. The first-order valence-electron chi connectivity index (χ1n) is 7.51. The number of carbonyl (C=O) groups is 2. The maximum absolute atomic E-state index is 12.5. The first kappa shape index (κ1) is 17.2. The molecule has 1 saturated heterocycles. The Bertz CT molecular complexity index is 833. The van der Waals surface area contributed by atoms with Gasteiger partial charge in [-0.15, -0.1) is 0 Å². The third-order valence-corrected chi connectivity index (χ3v) is 4.96. The van der Waals surface area contributed by atoms with Crippen LogP contribution in [0.5, 0.6) is 0 Å². The number of non-ortho nitro benzene ring substituents is 1. The fourth-order valence-corrected chi connectivity index (χ4v) is 3.90. The molecule has 1 aromatic rings. The number of nitrogens with zero attached hydrogens (tertiary/aromatic N) is 3. The Hall–Kier alpha value is -2.68. The largest absolute Gasteiger partial charge is 0.466 e. The van der Waals surface area contributed by atoms with Crippen LogP contribution in [0.3, 0.4) is 0 Å². The number of esters is 1. The quantitative estimate of drug-likeness (QED) is 0.465. The molecule has 0 bridgehead atoms. The molecule has 8 nitrogen and oxygen atoms in total. The number of allylic oxidation sites excluding steroid dienone is 1. The lowest BCUT2D eigenvalue weighted by atomic mass is 9.94. The zero-order valence-electron chi connectivity index (χ0n) is 13.6. The summed E-state index contributed by atoms with van der Waals surface area (Å²) in [5, 5.41) is 11.6. The standard InChI is InChI=1S/C16H15N3O5S/c1-9-13(15(21)24-2)14(10-4-3-5-11(8-10)19(22)23)18-12(20)6-7-25-16(18)17-9/h3-5,8,14H,6-7H2,1-2H3. The average molecular weight is 361 g/mol. The number of aliphatic imine (C=N–C) groups is 1. The van der Waals surface area contributed by atoms with Crippen LogP contribution in [-0.2, 0) is 14.3 Å². The van der Waals surface area contributed by atoms with E-state index in [-0.39, 0.29) is 17.2 Å². The Balaban J connectivity index is 2.19. The lowest BCUT2D eigenvalue weighted by molar-refractivity contribution is -0.384. The van der Waals surface area contributed by atoms with Crippen molar-refractivity contribution in [2.75, 3.05) is 12.9 Å². The van der Waals surface area contributed by atoms with Gasteiger partial charge in [-0.1, -0.05) is 23.9 Å². The van der Waals surface area contributed by atoms with Crippen molar-refractivity contribution in [1.82, 2.24) is 4.90 Å². The number of fused-ring (bicyclic) bond motifs is 1. The molecule has 0 aliphatic carbocycles. The molecule has 2 aliphatic heterocycles. The van der Waals surface area contributed by atoms with Crippen molar-refractivity contribution in [2.45, 2.75) is 19.4 Å². The van der Waals surface area contributed by atoms with Crippen LogP contribution in [-0.4, -0.2) is 39.7 Å². The number of amidine groups is 1. The molecule has 3 rings (SSSR count). The van der Waals surface area contributed by atoms with Crippen LogP contribution in [0, 0.1) is 10.1 Å². The minimum atomic E-state index is -0.792. The zero-order valence-corrected chi connectivity index (χ0v) is 14.4. The molecule has 0 saturated carbocycles. The Labute approximate surface area is 147 Å². The fourth-order valence-electron chi connectivity index (χ4n) is 2.89. The molecule has 9 heteroatoms. The van der Waals surface area contributed by atoms with Crippen molar-refractivity contribution in [3.8, 4) is 0 Å². The summed E-state index contributed by atoms with van der Waals surface area (Å²) in [6.45, 7) is 1.67. The zero-order chi connectivity index (χ0) is 18.1. The maximum Gasteiger partial charge on any atom is 0.338 e. The monoisotopic (exact) mass is 361 g/mol. The second-order valence-electron chi connectivity index (χ2n) is 5.50. The topological polar surface area (TPSA) is 102 Å². The molecule has 0 spiro atoms. The molecule has 2 heterocycles. The molecule has 0 aromatic heterocycles. The number of nitro groups is 1. The number of benzene rings is 1. The molecule has 25 heavy (non-hydrogen) atoms. The van der Waals surface area contributed by atoms with Crippen LogP contribution < -0.4 is 0 Å². The second-order valence-corrected chi connectivity index (χ2v) is 6.56. The van der Waals surface area contributed by atoms with Gasteiger partial charge in [0.25, 0.3) is 5.69 Å². The lowest BCUT2D eigenvalue weighted by Gasteiger charge is -2.38. The molecule has 130 valence electrons. The SMILES string of the molecule is COC(=O)C1=C(C)N=C2SCCC(=O)N2C1c1cccc([N+](=O)[O-])c1. The van der Waals surface area contributed by atoms with Crippen molar-refractivity contribution >= 4 is 34.5 Å². The number of ether oxygens (including phenoxy) is 1. The number of carbonyl (C=O) groups excluding carboxylic acids is 2. The normalized spacial score (nSPS) is 20.1. The van der Waals surface area contributed by atoms with Gasteiger partial charge in [0.15, 0.2) is 5.17 Å². The Morgan fingerprint density at radius 2 is 2.24 bits per heavy atom. The summed E-state index contributed by atoms with van der Waals surface area (Å²) in [7, 11) is 1.25. The minimum Gasteiger partial charge on any atom is -0.466 e. The van der Waals surface area contributed by atoms with E-state index in [2.05, 4.69) is 4.99 Å². The van der Waals surface area contributed by atoms with Gasteiger partial charge in [0.1, 0.15) is 0 Å². The van der Waals surface area contributed by atoms with Gasteiger partial charge < -0.3 is 4.74 Å². The van der Waals surface area contributed by atoms with Crippen molar-refractivity contribution in [2.24, 2.45) is 4.99 Å². The molecule has 1 aromatic carbocycles. The van der Waals surface area contributed by atoms with E-state index in [9.17, 15) is 19.7 Å². The Morgan fingerprint density at radius 1 is 1.48 bits per heavy atom. The van der Waals surface area contributed by atoms with Crippen molar-refractivity contribution in [3.05, 3.63) is 51.2 Å². The summed E-state index contributed by atoms with van der Waals surface area (Å²) < 4.78 is 4.86. The number of rotatable bonds is 3. The van der Waals surface area contributed by atoms with Crippen LogP contribution in [0.15, 0.2) is 40.5 Å². The molecular formula is C16H15N3O5S. The van der Waals surface area contributed by atoms with Gasteiger partial charge in [0.2, 0.25) is 5.91 Å². The number of thioether (sulfide) groups is 1. The van der Waals surface area contributed by atoms with E-state index in [1.165, 1.54) is 42.0 Å². The van der Waals surface area contributed by atoms with Gasteiger partial charge in [0.05, 0.1) is 29.3 Å². The van der Waals surface area contributed by atoms with Crippen LogP contribution in [0.4, 0.5) is 5.69 Å². The van der Waals surface area contributed by atoms with Gasteiger partial charge >= 0.3 is 5.97 Å². The molecule has 2 aliphatic rings. The van der Waals surface area contributed by atoms with E-state index in [0.29, 0.717) is 28.6 Å². The predicted molar refractivity (Wildman–Crippen MR) is 91.9 cm³/mol. The summed E-state index contributed by atoms with van der Waals surface area (Å²) in [6.07, 6.45) is 0.308. The van der Waals surface area contributed by atoms with Crippen molar-refractivity contribution < 1.29 is 19.2 Å². The molecule has 0 radical (unpaired) electrons. The fraction of sp³-hybridized carbons (Fsp3) is 0.312. The van der Waals surface area contributed by atoms with E-state index < -0.39 is 16.9 Å². The van der Waals surface area contributed by atoms with Crippen LogP contribution in [0.25, 0.3) is 0 Å². The van der Waals surface area contributed by atoms with Gasteiger partial charge in [-0.3, -0.25) is 19.8 Å². The number of hydrogen-bond donors (Lipinski definition) is 0. The predicted octanol–water partition coefficient (Wildman–Crippen LogP) is 2.42. The van der Waals surface area contributed by atoms with Crippen molar-refractivity contribution in [3.63, 3.8) is 0 Å². The van der Waals surface area contributed by atoms with Gasteiger partial charge in [-0.05, 0) is 12.5 Å². The molecule has 1 amide bonds. The van der Waals surface area contributed by atoms with Crippen molar-refractivity contribution in [1.29, 1.82) is 0 Å². The minimum absolute atomic E-state index is 0.111. The summed E-state index contributed by atoms with van der Waals surface area (Å²) in [5.41, 5.74) is 1.01. The van der Waals surface area contributed by atoms with E-state index in [4.69, 9.17) is 4.74 Å². The van der Waals surface area contributed by atoms with Crippen LogP contribution >= 0.6 is 11.8 Å². The summed E-state index contributed by atoms with van der Waals surface area (Å²) in [6, 6.07) is 5.13. The number of methoxy groups -OCH3 is 1. The highest BCUT2D eigenvalue weighted by Gasteiger charge is 2.41. The highest BCUT2D eigenvalue weighted by atomic mass is 32.2. The van der Waals surface area contributed by atoms with E-state index in [1.807, 2.05) is 0 Å². The maximum atomic E-state index is 12.5. The smallest absolute Gasteiger partial charge is 0.338 e. The molecule has 0 N–H and O–H groups in total. The summed E-state index contributed by atoms with van der Waals surface area (Å²) >= 11 is 1.42. The van der Waals surface area contributed by atoms with Crippen LogP contribution in [0.2, 0.25) is 0 Å². The van der Waals surface area contributed by atoms with Gasteiger partial charge in [-0.2, -0.15) is 0 Å². The third kappa shape index (κ3) is 3.02. The molecule has 1 fully saturated rings. The molecule has 1 unspecified atom stereocenters. The summed E-state index contributed by atoms with van der Waals surface area (Å²) in [4.78, 5) is 41.3. The highest BCUT2D eigenvalue weighted by molar-refractivity contribution is 8.14. The summed E-state index contributed by atoms with van der Waals surface area (Å²) in [5.74, 6) is -0.181. The highest BCUT2D eigenvalue weighted by Crippen LogP contribution is 2.40. The lowest BCUT2D eigenvalue weighted by Crippen LogP contribution is -2.45. The first-order valence-corrected chi connectivity index (χ1v) is 8.49. The van der Waals surface area contributed by atoms with Gasteiger partial charge in [-0.25, -0.2) is 9.79 Å². The Kier molecular flexibility index (Phi) is 4.58. The number of hydrogen-bond acceptors (Lipinski definition) is 7. The Morgan fingerprint density at radius 3 is 2.92 bits per heavy atom. The van der Waals surface area contributed by atoms with E-state index in [1.54, 1.807) is 13.0 Å². The number of nitro benzene ring substituents is 1. The van der Waals surface area contributed by atoms with Crippen LogP contribution in [0.1, 0.15) is 24.9 Å². The molecule has 1 atom stereocenters. The van der Waals surface area contributed by atoms with E-state index >= 15 is 0 Å². The average Bonchev–Trinajstić information content (AvgIpc) is 2.60. The number of amides is 1.